The zero-order valence-corrected chi connectivity index (χ0v) is 7.76. The van der Waals surface area contributed by atoms with Gasteiger partial charge in [0.1, 0.15) is 0 Å². The molecule has 1 amide bonds. The van der Waals surface area contributed by atoms with E-state index in [1.165, 1.54) is 0 Å². The minimum atomic E-state index is -4.37. The van der Waals surface area contributed by atoms with Crippen molar-refractivity contribution in [2.45, 2.75) is 6.18 Å². The predicted molar refractivity (Wildman–Crippen MR) is 47.3 cm³/mol. The molecular weight excluding hydrogens is 223 g/mol. The van der Waals surface area contributed by atoms with Crippen molar-refractivity contribution in [2.24, 2.45) is 0 Å². The van der Waals surface area contributed by atoms with Gasteiger partial charge in [-0.2, -0.15) is 13.2 Å². The SMILES string of the molecule is O=C(S)Nc1cc(C(F)(F)F)cs1. The van der Waals surface area contributed by atoms with Crippen LogP contribution >= 0.6 is 24.0 Å². The summed E-state index contributed by atoms with van der Waals surface area (Å²) in [4.78, 5) is 10.4. The van der Waals surface area contributed by atoms with Crippen molar-refractivity contribution in [1.82, 2.24) is 0 Å². The zero-order chi connectivity index (χ0) is 10.1. The highest BCUT2D eigenvalue weighted by Gasteiger charge is 2.31. The average Bonchev–Trinajstić information content (AvgIpc) is 2.32. The van der Waals surface area contributed by atoms with Crippen molar-refractivity contribution in [3.05, 3.63) is 17.0 Å². The number of nitrogens with one attached hydrogen (secondary N) is 1. The molecule has 0 bridgehead atoms. The number of halogens is 3. The van der Waals surface area contributed by atoms with Gasteiger partial charge in [0.05, 0.1) is 10.6 Å². The molecule has 1 aromatic rings. The predicted octanol–water partition coefficient (Wildman–Crippen LogP) is 3.23. The Balaban J connectivity index is 2.81. The second-order valence-electron chi connectivity index (χ2n) is 2.13. The van der Waals surface area contributed by atoms with E-state index in [4.69, 9.17) is 0 Å². The van der Waals surface area contributed by atoms with Gasteiger partial charge in [0.25, 0.3) is 5.24 Å². The highest BCUT2D eigenvalue weighted by Crippen LogP contribution is 2.34. The monoisotopic (exact) mass is 227 g/mol. The summed E-state index contributed by atoms with van der Waals surface area (Å²) >= 11 is 4.17. The van der Waals surface area contributed by atoms with Crippen LogP contribution in [-0.4, -0.2) is 5.24 Å². The summed E-state index contributed by atoms with van der Waals surface area (Å²) in [6.45, 7) is 0. The summed E-state index contributed by atoms with van der Waals surface area (Å²) in [5, 5.41) is 2.52. The van der Waals surface area contributed by atoms with E-state index in [9.17, 15) is 18.0 Å². The molecule has 0 radical (unpaired) electrons. The van der Waals surface area contributed by atoms with Gasteiger partial charge in [0, 0.05) is 5.38 Å². The van der Waals surface area contributed by atoms with E-state index < -0.39 is 17.0 Å². The van der Waals surface area contributed by atoms with Crippen LogP contribution in [0.4, 0.5) is 23.0 Å². The van der Waals surface area contributed by atoms with Crippen LogP contribution in [0.3, 0.4) is 0 Å². The number of thiol groups is 1. The molecule has 0 unspecified atom stereocenters. The third-order valence-corrected chi connectivity index (χ3v) is 2.11. The third-order valence-electron chi connectivity index (χ3n) is 1.16. The standard InChI is InChI=1S/C6H4F3NOS2/c7-6(8,9)3-1-4(13-2-3)10-5(11)12/h1-2H,(H2,10,11,12). The van der Waals surface area contributed by atoms with Crippen molar-refractivity contribution in [3.63, 3.8) is 0 Å². The second kappa shape index (κ2) is 3.59. The fourth-order valence-corrected chi connectivity index (χ4v) is 1.65. The van der Waals surface area contributed by atoms with Gasteiger partial charge < -0.3 is 5.32 Å². The molecule has 0 aliphatic rings. The lowest BCUT2D eigenvalue weighted by Crippen LogP contribution is -2.03. The van der Waals surface area contributed by atoms with Crippen LogP contribution in [0.1, 0.15) is 5.56 Å². The molecule has 7 heteroatoms. The Hall–Kier alpha value is -0.690. The lowest BCUT2D eigenvalue weighted by atomic mass is 10.3. The third kappa shape index (κ3) is 2.92. The van der Waals surface area contributed by atoms with E-state index in [1.54, 1.807) is 0 Å². The van der Waals surface area contributed by atoms with Crippen molar-refractivity contribution in [1.29, 1.82) is 0 Å². The molecule has 2 nitrogen and oxygen atoms in total. The van der Waals surface area contributed by atoms with Crippen molar-refractivity contribution in [2.75, 3.05) is 5.32 Å². The maximum atomic E-state index is 12.0. The smallest absolute Gasteiger partial charge is 0.309 e. The van der Waals surface area contributed by atoms with Crippen LogP contribution in [0.5, 0.6) is 0 Å². The van der Waals surface area contributed by atoms with E-state index in [1.807, 2.05) is 0 Å². The first-order chi connectivity index (χ1) is 5.89. The Labute approximate surface area is 81.2 Å². The Kier molecular flexibility index (Phi) is 2.87. The molecule has 1 rings (SSSR count). The molecule has 0 saturated carbocycles. The van der Waals surface area contributed by atoms with Gasteiger partial charge in [-0.25, -0.2) is 0 Å². The molecule has 72 valence electrons. The van der Waals surface area contributed by atoms with E-state index in [0.717, 1.165) is 22.8 Å². The van der Waals surface area contributed by atoms with Gasteiger partial charge in [0.15, 0.2) is 0 Å². The Bertz CT molecular complexity index is 320. The molecule has 0 spiro atoms. The largest absolute Gasteiger partial charge is 0.417 e. The number of anilines is 1. The summed E-state index contributed by atoms with van der Waals surface area (Å²) in [5.41, 5.74) is -0.769. The van der Waals surface area contributed by atoms with Crippen LogP contribution < -0.4 is 5.32 Å². The van der Waals surface area contributed by atoms with Crippen molar-refractivity contribution >= 4 is 34.2 Å². The van der Waals surface area contributed by atoms with Crippen molar-refractivity contribution in [3.8, 4) is 0 Å². The van der Waals surface area contributed by atoms with Gasteiger partial charge in [-0.15, -0.1) is 11.3 Å². The number of hydrogen-bond donors (Lipinski definition) is 2. The molecule has 0 fully saturated rings. The van der Waals surface area contributed by atoms with E-state index in [-0.39, 0.29) is 5.00 Å². The zero-order valence-electron chi connectivity index (χ0n) is 6.05. The number of thiophene rings is 1. The first-order valence-electron chi connectivity index (χ1n) is 3.05. The lowest BCUT2D eigenvalue weighted by molar-refractivity contribution is -0.137. The van der Waals surface area contributed by atoms with Crippen LogP contribution in [0.2, 0.25) is 0 Å². The average molecular weight is 227 g/mol. The van der Waals surface area contributed by atoms with Crippen LogP contribution in [-0.2, 0) is 6.18 Å². The van der Waals surface area contributed by atoms with Crippen LogP contribution in [0, 0.1) is 0 Å². The van der Waals surface area contributed by atoms with Crippen molar-refractivity contribution < 1.29 is 18.0 Å². The molecule has 1 aromatic heterocycles. The molecule has 13 heavy (non-hydrogen) atoms. The number of rotatable bonds is 1. The fourth-order valence-electron chi connectivity index (χ4n) is 0.656. The molecule has 0 aliphatic carbocycles. The van der Waals surface area contributed by atoms with Gasteiger partial charge in [0.2, 0.25) is 0 Å². The van der Waals surface area contributed by atoms with Crippen LogP contribution in [0.15, 0.2) is 11.4 Å². The fraction of sp³-hybridized carbons (Fsp3) is 0.167. The maximum Gasteiger partial charge on any atom is 0.417 e. The number of carbonyl (C=O) groups is 1. The number of hydrogen-bond acceptors (Lipinski definition) is 2. The lowest BCUT2D eigenvalue weighted by Gasteiger charge is -2.00. The second-order valence-corrected chi connectivity index (χ2v) is 3.44. The van der Waals surface area contributed by atoms with Gasteiger partial charge in [-0.1, -0.05) is 12.6 Å². The number of carbonyl (C=O) groups excluding carboxylic acids is 1. The maximum absolute atomic E-state index is 12.0. The van der Waals surface area contributed by atoms with Gasteiger partial charge in [-0.05, 0) is 6.07 Å². The summed E-state index contributed by atoms with van der Waals surface area (Å²) < 4.78 is 36.0. The molecule has 1 heterocycles. The Morgan fingerprint density at radius 2 is 2.15 bits per heavy atom. The molecule has 0 saturated heterocycles. The molecule has 0 aromatic carbocycles. The molecule has 1 N–H and O–H groups in total. The molecular formula is C6H4F3NOS2. The minimum Gasteiger partial charge on any atom is -0.309 e. The topological polar surface area (TPSA) is 29.1 Å². The summed E-state index contributed by atoms with van der Waals surface area (Å²) in [6, 6.07) is 0.860. The minimum absolute atomic E-state index is 0.132. The van der Waals surface area contributed by atoms with E-state index in [0.29, 0.717) is 0 Å². The number of amides is 1. The highest BCUT2D eigenvalue weighted by atomic mass is 32.1. The molecule has 0 aliphatic heterocycles. The van der Waals surface area contributed by atoms with Crippen LogP contribution in [0.25, 0.3) is 0 Å². The molecule has 0 atom stereocenters. The quantitative estimate of drug-likeness (QED) is 0.708. The van der Waals surface area contributed by atoms with Gasteiger partial charge >= 0.3 is 6.18 Å². The summed E-state index contributed by atoms with van der Waals surface area (Å²) in [7, 11) is 0. The van der Waals surface area contributed by atoms with E-state index in [2.05, 4.69) is 17.9 Å². The van der Waals surface area contributed by atoms with E-state index >= 15 is 0 Å². The number of alkyl halides is 3. The first kappa shape index (κ1) is 10.4. The Morgan fingerprint density at radius 3 is 2.54 bits per heavy atom. The highest BCUT2D eigenvalue weighted by molar-refractivity contribution is 7.96. The normalized spacial score (nSPS) is 11.4. The first-order valence-corrected chi connectivity index (χ1v) is 4.38. The summed E-state index contributed by atoms with van der Waals surface area (Å²) in [5.74, 6) is 0. The Morgan fingerprint density at radius 1 is 1.54 bits per heavy atom. The van der Waals surface area contributed by atoms with Gasteiger partial charge in [-0.3, -0.25) is 4.79 Å². The summed E-state index contributed by atoms with van der Waals surface area (Å²) in [6.07, 6.45) is -4.37.